The molecule has 3 rings (SSSR count). The Bertz CT molecular complexity index is 574. The van der Waals surface area contributed by atoms with E-state index in [0.29, 0.717) is 5.56 Å². The van der Waals surface area contributed by atoms with Gasteiger partial charge in [-0.1, -0.05) is 12.1 Å². The summed E-state index contributed by atoms with van der Waals surface area (Å²) in [4.78, 5) is 24.0. The lowest BCUT2D eigenvalue weighted by Crippen LogP contribution is -2.48. The van der Waals surface area contributed by atoms with E-state index in [4.69, 9.17) is 4.74 Å². The largest absolute Gasteiger partial charge is 0.375 e. The molecule has 1 aromatic rings. The third-order valence-electron chi connectivity index (χ3n) is 4.34. The minimum Gasteiger partial charge on any atom is -0.375 e. The van der Waals surface area contributed by atoms with E-state index in [1.807, 2.05) is 6.92 Å². The molecule has 2 heterocycles. The molecule has 1 aromatic carbocycles. The molecule has 0 aliphatic carbocycles. The highest BCUT2D eigenvalue weighted by atomic mass is 19.1. The van der Waals surface area contributed by atoms with Crippen LogP contribution in [0.5, 0.6) is 0 Å². The summed E-state index contributed by atoms with van der Waals surface area (Å²) in [6.07, 6.45) is 2.02. The maximum Gasteiger partial charge on any atom is 0.234 e. The van der Waals surface area contributed by atoms with E-state index < -0.39 is 5.92 Å². The predicted octanol–water partition coefficient (Wildman–Crippen LogP) is 2.14. The summed E-state index contributed by atoms with van der Waals surface area (Å²) in [5.41, 5.74) is 0.605. The molecule has 21 heavy (non-hydrogen) atoms. The fourth-order valence-electron chi connectivity index (χ4n) is 3.39. The summed E-state index contributed by atoms with van der Waals surface area (Å²) in [7, 11) is 0. The van der Waals surface area contributed by atoms with Gasteiger partial charge >= 0.3 is 0 Å². The number of piperidine rings is 1. The third-order valence-corrected chi connectivity index (χ3v) is 4.34. The number of rotatable bonds is 2. The van der Waals surface area contributed by atoms with Gasteiger partial charge in [0.05, 0.1) is 18.1 Å². The number of hydrogen-bond donors (Lipinski definition) is 1. The van der Waals surface area contributed by atoms with Crippen LogP contribution in [0.15, 0.2) is 24.3 Å². The quantitative estimate of drug-likeness (QED) is 0.849. The molecule has 2 amide bonds. The van der Waals surface area contributed by atoms with Gasteiger partial charge in [-0.3, -0.25) is 14.9 Å². The molecular formula is C16H18FNO3. The number of carbonyl (C=O) groups excluding carboxylic acids is 2. The van der Waals surface area contributed by atoms with Crippen molar-refractivity contribution in [2.75, 3.05) is 0 Å². The lowest BCUT2D eigenvalue weighted by Gasteiger charge is -2.34. The molecule has 0 aromatic heterocycles. The van der Waals surface area contributed by atoms with Crippen molar-refractivity contribution < 1.29 is 18.7 Å². The lowest BCUT2D eigenvalue weighted by atomic mass is 9.76. The van der Waals surface area contributed by atoms with Crippen molar-refractivity contribution in [1.29, 1.82) is 0 Å². The van der Waals surface area contributed by atoms with Crippen LogP contribution in [0.25, 0.3) is 0 Å². The first-order chi connectivity index (χ1) is 10.0. The smallest absolute Gasteiger partial charge is 0.234 e. The molecule has 4 nitrogen and oxygen atoms in total. The van der Waals surface area contributed by atoms with E-state index >= 15 is 0 Å². The van der Waals surface area contributed by atoms with E-state index in [9.17, 15) is 14.0 Å². The summed E-state index contributed by atoms with van der Waals surface area (Å²) in [6, 6.07) is 6.03. The van der Waals surface area contributed by atoms with Gasteiger partial charge in [-0.15, -0.1) is 0 Å². The number of halogens is 1. The maximum atomic E-state index is 13.5. The Labute approximate surface area is 122 Å². The number of ether oxygens (including phenoxy) is 1. The standard InChI is InChI=1S/C16H18FNO3/c1-9-5-6-13(21-9)12-8-14(19)18-16(20)15(12)10-3-2-4-11(17)7-10/h2-4,7,9,12-13,15H,5-6,8H2,1H3,(H,18,19,20). The molecule has 2 aliphatic rings. The molecule has 4 unspecified atom stereocenters. The molecule has 1 N–H and O–H groups in total. The molecular weight excluding hydrogens is 273 g/mol. The van der Waals surface area contributed by atoms with Gasteiger partial charge in [0.2, 0.25) is 11.8 Å². The topological polar surface area (TPSA) is 55.4 Å². The van der Waals surface area contributed by atoms with Crippen LogP contribution in [-0.2, 0) is 14.3 Å². The zero-order valence-corrected chi connectivity index (χ0v) is 11.8. The number of hydrogen-bond acceptors (Lipinski definition) is 3. The average Bonchev–Trinajstić information content (AvgIpc) is 2.84. The van der Waals surface area contributed by atoms with Gasteiger partial charge in [0.25, 0.3) is 0 Å². The molecule has 0 saturated carbocycles. The number of carbonyl (C=O) groups is 2. The van der Waals surface area contributed by atoms with Crippen LogP contribution in [-0.4, -0.2) is 24.0 Å². The van der Waals surface area contributed by atoms with Crippen LogP contribution < -0.4 is 5.32 Å². The van der Waals surface area contributed by atoms with Gasteiger partial charge in [-0.2, -0.15) is 0 Å². The molecule has 2 aliphatic heterocycles. The van der Waals surface area contributed by atoms with Crippen molar-refractivity contribution in [3.05, 3.63) is 35.6 Å². The SMILES string of the molecule is CC1CCC(C2CC(=O)NC(=O)C2c2cccc(F)c2)O1. The Hall–Kier alpha value is -1.75. The monoisotopic (exact) mass is 291 g/mol. The highest BCUT2D eigenvalue weighted by molar-refractivity contribution is 6.01. The van der Waals surface area contributed by atoms with Gasteiger partial charge in [0.15, 0.2) is 0 Å². The molecule has 0 radical (unpaired) electrons. The van der Waals surface area contributed by atoms with Crippen LogP contribution in [0, 0.1) is 11.7 Å². The van der Waals surface area contributed by atoms with Gasteiger partial charge in [0, 0.05) is 12.3 Å². The number of benzene rings is 1. The average molecular weight is 291 g/mol. The van der Waals surface area contributed by atoms with Crippen LogP contribution in [0.1, 0.15) is 37.7 Å². The molecule has 0 spiro atoms. The highest BCUT2D eigenvalue weighted by Gasteiger charge is 2.43. The second kappa shape index (κ2) is 5.56. The Morgan fingerprint density at radius 2 is 2.10 bits per heavy atom. The first kappa shape index (κ1) is 14.2. The van der Waals surface area contributed by atoms with Gasteiger partial charge in [0.1, 0.15) is 5.82 Å². The van der Waals surface area contributed by atoms with E-state index in [-0.39, 0.29) is 42.2 Å². The molecule has 2 saturated heterocycles. The summed E-state index contributed by atoms with van der Waals surface area (Å²) in [5, 5.41) is 2.36. The van der Waals surface area contributed by atoms with Crippen molar-refractivity contribution in [2.45, 2.75) is 44.3 Å². The first-order valence-electron chi connectivity index (χ1n) is 7.29. The van der Waals surface area contributed by atoms with Crippen molar-refractivity contribution in [2.24, 2.45) is 5.92 Å². The molecule has 112 valence electrons. The number of imide groups is 1. The molecule has 5 heteroatoms. The van der Waals surface area contributed by atoms with Gasteiger partial charge in [-0.25, -0.2) is 4.39 Å². The predicted molar refractivity (Wildman–Crippen MR) is 74.0 cm³/mol. The first-order valence-corrected chi connectivity index (χ1v) is 7.29. The number of nitrogens with one attached hydrogen (secondary N) is 1. The zero-order chi connectivity index (χ0) is 15.0. The van der Waals surface area contributed by atoms with E-state index in [2.05, 4.69) is 5.32 Å². The molecule has 2 fully saturated rings. The lowest BCUT2D eigenvalue weighted by molar-refractivity contribution is -0.139. The highest BCUT2D eigenvalue weighted by Crippen LogP contribution is 2.39. The third kappa shape index (κ3) is 2.83. The number of amides is 2. The Kier molecular flexibility index (Phi) is 3.76. The van der Waals surface area contributed by atoms with Crippen LogP contribution >= 0.6 is 0 Å². The normalized spacial score (nSPS) is 33.0. The van der Waals surface area contributed by atoms with Crippen molar-refractivity contribution in [3.63, 3.8) is 0 Å². The van der Waals surface area contributed by atoms with Crippen molar-refractivity contribution in [3.8, 4) is 0 Å². The van der Waals surface area contributed by atoms with Gasteiger partial charge < -0.3 is 4.74 Å². The fraction of sp³-hybridized carbons (Fsp3) is 0.500. The van der Waals surface area contributed by atoms with E-state index in [1.54, 1.807) is 12.1 Å². The Morgan fingerprint density at radius 3 is 2.76 bits per heavy atom. The summed E-state index contributed by atoms with van der Waals surface area (Å²) in [6.45, 7) is 1.99. The second-order valence-electron chi connectivity index (χ2n) is 5.88. The van der Waals surface area contributed by atoms with Crippen LogP contribution in [0.3, 0.4) is 0 Å². The Morgan fingerprint density at radius 1 is 1.29 bits per heavy atom. The van der Waals surface area contributed by atoms with Gasteiger partial charge in [-0.05, 0) is 37.5 Å². The van der Waals surface area contributed by atoms with Crippen molar-refractivity contribution in [1.82, 2.24) is 5.32 Å². The maximum absolute atomic E-state index is 13.5. The van der Waals surface area contributed by atoms with Crippen LogP contribution in [0.4, 0.5) is 4.39 Å². The summed E-state index contributed by atoms with van der Waals surface area (Å²) in [5.74, 6) is -1.77. The van der Waals surface area contributed by atoms with Crippen molar-refractivity contribution >= 4 is 11.8 Å². The second-order valence-corrected chi connectivity index (χ2v) is 5.88. The zero-order valence-electron chi connectivity index (χ0n) is 11.8. The Balaban J connectivity index is 1.93. The van der Waals surface area contributed by atoms with E-state index in [0.717, 1.165) is 12.8 Å². The fourth-order valence-corrected chi connectivity index (χ4v) is 3.39. The minimum absolute atomic E-state index is 0.122. The molecule has 4 atom stereocenters. The summed E-state index contributed by atoms with van der Waals surface area (Å²) >= 11 is 0. The summed E-state index contributed by atoms with van der Waals surface area (Å²) < 4.78 is 19.3. The van der Waals surface area contributed by atoms with Crippen LogP contribution in [0.2, 0.25) is 0 Å². The minimum atomic E-state index is -0.534. The molecule has 0 bridgehead atoms. The van der Waals surface area contributed by atoms with E-state index in [1.165, 1.54) is 12.1 Å².